The van der Waals surface area contributed by atoms with E-state index in [4.69, 9.17) is 11.6 Å². The van der Waals surface area contributed by atoms with E-state index in [2.05, 4.69) is 25.7 Å². The van der Waals surface area contributed by atoms with Gasteiger partial charge in [-0.3, -0.25) is 5.43 Å². The van der Waals surface area contributed by atoms with Crippen LogP contribution in [0.5, 0.6) is 0 Å². The first-order valence-corrected chi connectivity index (χ1v) is 7.38. The zero-order valence-electron chi connectivity index (χ0n) is 11.9. The molecule has 0 saturated heterocycles. The Bertz CT molecular complexity index is 1010. The summed E-state index contributed by atoms with van der Waals surface area (Å²) in [6.45, 7) is 0. The molecule has 0 amide bonds. The van der Waals surface area contributed by atoms with Gasteiger partial charge in [-0.1, -0.05) is 35.9 Å². The van der Waals surface area contributed by atoms with Crippen LogP contribution in [0.3, 0.4) is 0 Å². The molecule has 0 radical (unpaired) electrons. The van der Waals surface area contributed by atoms with Gasteiger partial charge in [0.2, 0.25) is 5.82 Å². The van der Waals surface area contributed by atoms with Crippen LogP contribution < -0.4 is 9.83 Å². The molecule has 4 aromatic rings. The lowest BCUT2D eigenvalue weighted by molar-refractivity contribution is -0.483. The number of fused-ring (bicyclic) bond motifs is 3. The Hall–Kier alpha value is -2.99. The van der Waals surface area contributed by atoms with Crippen molar-refractivity contribution in [2.45, 2.75) is 0 Å². The summed E-state index contributed by atoms with van der Waals surface area (Å²) in [6.07, 6.45) is 3.54. The summed E-state index contributed by atoms with van der Waals surface area (Å²) in [4.78, 5) is 3.20. The molecule has 112 valence electrons. The molecule has 0 atom stereocenters. The van der Waals surface area contributed by atoms with E-state index in [9.17, 15) is 0 Å². The van der Waals surface area contributed by atoms with Crippen LogP contribution in [0, 0.1) is 0 Å². The molecular weight excluding hydrogens is 312 g/mol. The minimum Gasteiger partial charge on any atom is -0.256 e. The van der Waals surface area contributed by atoms with Crippen molar-refractivity contribution in [1.29, 1.82) is 0 Å². The van der Waals surface area contributed by atoms with Crippen LogP contribution >= 0.6 is 11.6 Å². The van der Waals surface area contributed by atoms with Crippen molar-refractivity contribution in [1.82, 2.24) is 15.2 Å². The first kappa shape index (κ1) is 13.7. The predicted molar refractivity (Wildman–Crippen MR) is 89.7 cm³/mol. The number of halogens is 1. The van der Waals surface area contributed by atoms with Gasteiger partial charge in [-0.15, -0.1) is 0 Å². The van der Waals surface area contributed by atoms with E-state index < -0.39 is 0 Å². The number of para-hydroxylation sites is 2. The average molecular weight is 324 g/mol. The van der Waals surface area contributed by atoms with Gasteiger partial charge < -0.3 is 0 Å². The van der Waals surface area contributed by atoms with Gasteiger partial charge in [-0.25, -0.2) is 4.98 Å². The number of hydrogen-bond donors (Lipinski definition) is 2. The standard InChI is InChI=1S/C16H11ClN6/c17-12-7-5-11(6-8-12)9-18-20-15-10-23-14-4-2-1-3-13(14)19-16(23)22-21-15/h1-10,20H/p+1/b18-9+. The number of aromatic nitrogens is 4. The zero-order chi connectivity index (χ0) is 15.6. The Morgan fingerprint density at radius 2 is 1.91 bits per heavy atom. The summed E-state index contributed by atoms with van der Waals surface area (Å²) in [5, 5.41) is 13.1. The van der Waals surface area contributed by atoms with E-state index in [1.807, 2.05) is 59.1 Å². The predicted octanol–water partition coefficient (Wildman–Crippen LogP) is 2.80. The Morgan fingerprint density at radius 3 is 2.78 bits per heavy atom. The minimum absolute atomic E-state index is 0.553. The third kappa shape index (κ3) is 2.72. The van der Waals surface area contributed by atoms with Gasteiger partial charge in [0.15, 0.2) is 0 Å². The second-order valence-electron chi connectivity index (χ2n) is 4.97. The maximum Gasteiger partial charge on any atom is 0.424 e. The quantitative estimate of drug-likeness (QED) is 0.346. The average Bonchev–Trinajstić information content (AvgIpc) is 2.95. The van der Waals surface area contributed by atoms with Crippen molar-refractivity contribution >= 4 is 40.4 Å². The summed E-state index contributed by atoms with van der Waals surface area (Å²) in [6, 6.07) is 15.4. The van der Waals surface area contributed by atoms with Gasteiger partial charge in [-0.05, 0) is 34.9 Å². The number of anilines is 1. The summed E-state index contributed by atoms with van der Waals surface area (Å²) in [7, 11) is 0. The second-order valence-corrected chi connectivity index (χ2v) is 5.41. The van der Waals surface area contributed by atoms with Gasteiger partial charge >= 0.3 is 5.78 Å². The summed E-state index contributed by atoms with van der Waals surface area (Å²) in [5.41, 5.74) is 5.86. The monoisotopic (exact) mass is 323 g/mol. The second kappa shape index (κ2) is 5.66. The van der Waals surface area contributed by atoms with E-state index in [1.165, 1.54) is 0 Å². The number of nitrogens with one attached hydrogen (secondary N) is 2. The SMILES string of the molecule is Clc1ccc(/C=N/Nc2c[n+]3c(nn2)[nH]c2ccccc23)cc1. The molecule has 2 heterocycles. The first-order chi connectivity index (χ1) is 11.3. The largest absolute Gasteiger partial charge is 0.424 e. The molecule has 2 N–H and O–H groups in total. The van der Waals surface area contributed by atoms with Gasteiger partial charge in [0.1, 0.15) is 17.2 Å². The molecule has 6 nitrogen and oxygen atoms in total. The minimum atomic E-state index is 0.553. The molecule has 2 aromatic carbocycles. The number of hydrazone groups is 1. The molecular formula is C16H12ClN6+. The molecule has 0 fully saturated rings. The van der Waals surface area contributed by atoms with Crippen molar-refractivity contribution in [3.05, 3.63) is 65.3 Å². The highest BCUT2D eigenvalue weighted by atomic mass is 35.5. The van der Waals surface area contributed by atoms with Gasteiger partial charge in [0.05, 0.1) is 6.21 Å². The lowest BCUT2D eigenvalue weighted by Crippen LogP contribution is -2.22. The van der Waals surface area contributed by atoms with Crippen LogP contribution in [-0.2, 0) is 0 Å². The molecule has 0 spiro atoms. The molecule has 0 unspecified atom stereocenters. The van der Waals surface area contributed by atoms with Crippen molar-refractivity contribution in [2.24, 2.45) is 5.10 Å². The molecule has 2 aromatic heterocycles. The highest BCUT2D eigenvalue weighted by Crippen LogP contribution is 2.10. The molecule has 0 aliphatic carbocycles. The van der Waals surface area contributed by atoms with Crippen molar-refractivity contribution in [2.75, 3.05) is 5.43 Å². The lowest BCUT2D eigenvalue weighted by atomic mass is 10.2. The summed E-state index contributed by atoms with van der Waals surface area (Å²) >= 11 is 5.85. The summed E-state index contributed by atoms with van der Waals surface area (Å²) in [5.74, 6) is 1.23. The molecule has 4 rings (SSSR count). The maximum atomic E-state index is 5.85. The molecule has 0 saturated carbocycles. The zero-order valence-corrected chi connectivity index (χ0v) is 12.7. The van der Waals surface area contributed by atoms with Crippen LogP contribution in [0.15, 0.2) is 59.8 Å². The van der Waals surface area contributed by atoms with Crippen LogP contribution in [-0.4, -0.2) is 21.4 Å². The maximum absolute atomic E-state index is 5.85. The number of nitrogens with zero attached hydrogens (tertiary/aromatic N) is 4. The fourth-order valence-corrected chi connectivity index (χ4v) is 2.44. The Kier molecular flexibility index (Phi) is 3.36. The lowest BCUT2D eigenvalue weighted by Gasteiger charge is -1.96. The number of benzene rings is 2. The van der Waals surface area contributed by atoms with Gasteiger partial charge in [0.25, 0.3) is 0 Å². The van der Waals surface area contributed by atoms with Gasteiger partial charge in [-0.2, -0.15) is 9.50 Å². The number of H-pyrrole nitrogens is 1. The van der Waals surface area contributed by atoms with Crippen molar-refractivity contribution in [3.63, 3.8) is 0 Å². The Balaban J connectivity index is 1.61. The highest BCUT2D eigenvalue weighted by Gasteiger charge is 2.13. The normalized spacial score (nSPS) is 11.5. The van der Waals surface area contributed by atoms with Crippen LogP contribution in [0.25, 0.3) is 16.8 Å². The molecule has 0 aliphatic heterocycles. The fourth-order valence-electron chi connectivity index (χ4n) is 2.31. The van der Waals surface area contributed by atoms with Gasteiger partial charge in [0, 0.05) is 10.1 Å². The number of aromatic amines is 1. The Morgan fingerprint density at radius 1 is 1.09 bits per heavy atom. The molecule has 0 bridgehead atoms. The molecule has 23 heavy (non-hydrogen) atoms. The van der Waals surface area contributed by atoms with E-state index in [1.54, 1.807) is 6.21 Å². The van der Waals surface area contributed by atoms with Crippen molar-refractivity contribution in [3.8, 4) is 0 Å². The fraction of sp³-hybridized carbons (Fsp3) is 0. The Labute approximate surface area is 136 Å². The van der Waals surface area contributed by atoms with Crippen LogP contribution in [0.2, 0.25) is 5.02 Å². The van der Waals surface area contributed by atoms with E-state index in [0.717, 1.165) is 16.6 Å². The first-order valence-electron chi connectivity index (χ1n) is 7.00. The smallest absolute Gasteiger partial charge is 0.256 e. The van der Waals surface area contributed by atoms with Crippen LogP contribution in [0.1, 0.15) is 5.56 Å². The van der Waals surface area contributed by atoms with E-state index in [0.29, 0.717) is 16.6 Å². The summed E-state index contributed by atoms with van der Waals surface area (Å²) < 4.78 is 1.93. The number of hydrogen-bond acceptors (Lipinski definition) is 4. The van der Waals surface area contributed by atoms with Crippen molar-refractivity contribution < 1.29 is 4.40 Å². The van der Waals surface area contributed by atoms with E-state index in [-0.39, 0.29) is 0 Å². The molecule has 0 aliphatic rings. The third-order valence-corrected chi connectivity index (χ3v) is 3.66. The third-order valence-electron chi connectivity index (χ3n) is 3.40. The number of rotatable bonds is 3. The number of imidazole rings is 1. The van der Waals surface area contributed by atoms with E-state index >= 15 is 0 Å². The topological polar surface area (TPSA) is 70.1 Å². The highest BCUT2D eigenvalue weighted by molar-refractivity contribution is 6.30. The molecule has 7 heteroatoms. The van der Waals surface area contributed by atoms with Crippen LogP contribution in [0.4, 0.5) is 5.82 Å².